The minimum Gasteiger partial charge on any atom is -0.388 e. The van der Waals surface area contributed by atoms with Crippen molar-refractivity contribution in [1.29, 1.82) is 0 Å². The van der Waals surface area contributed by atoms with Crippen molar-refractivity contribution in [3.63, 3.8) is 0 Å². The summed E-state index contributed by atoms with van der Waals surface area (Å²) < 4.78 is 12.9. The molecular formula is C17H25FN2O3. The third-order valence-corrected chi connectivity index (χ3v) is 4.56. The van der Waals surface area contributed by atoms with Crippen LogP contribution in [-0.2, 0) is 11.3 Å². The summed E-state index contributed by atoms with van der Waals surface area (Å²) in [5, 5.41) is 20.3. The van der Waals surface area contributed by atoms with Crippen molar-refractivity contribution in [2.45, 2.75) is 38.0 Å². The Labute approximate surface area is 136 Å². The Morgan fingerprint density at radius 3 is 2.65 bits per heavy atom. The van der Waals surface area contributed by atoms with E-state index < -0.39 is 11.7 Å². The summed E-state index contributed by atoms with van der Waals surface area (Å²) in [5.41, 5.74) is -0.155. The van der Waals surface area contributed by atoms with Crippen molar-refractivity contribution in [1.82, 2.24) is 9.80 Å². The number of benzene rings is 1. The first-order chi connectivity index (χ1) is 10.8. The monoisotopic (exact) mass is 324 g/mol. The van der Waals surface area contributed by atoms with Crippen molar-refractivity contribution in [3.05, 3.63) is 35.6 Å². The van der Waals surface area contributed by atoms with Crippen LogP contribution in [0.2, 0.25) is 0 Å². The van der Waals surface area contributed by atoms with E-state index in [0.717, 1.165) is 5.56 Å². The number of β-amino-alcohol motifs (C(OH)–C–C–N with tert-alkyl or cyclic N) is 1. The minimum atomic E-state index is -1.09. The number of carbonyl (C=O) groups excluding carboxylic acids is 1. The number of likely N-dealkylation sites (N-methyl/N-ethyl adjacent to an activating group) is 1. The first-order valence-electron chi connectivity index (χ1n) is 7.95. The quantitative estimate of drug-likeness (QED) is 0.848. The lowest BCUT2D eigenvalue weighted by molar-refractivity contribution is -0.150. The molecule has 1 aromatic carbocycles. The number of rotatable bonds is 5. The van der Waals surface area contributed by atoms with Crippen molar-refractivity contribution in [2.75, 3.05) is 26.7 Å². The number of carbonyl (C=O) groups is 1. The number of aliphatic hydroxyl groups excluding tert-OH is 1. The molecule has 0 aliphatic carbocycles. The highest BCUT2D eigenvalue weighted by Crippen LogP contribution is 2.25. The third-order valence-electron chi connectivity index (χ3n) is 4.56. The van der Waals surface area contributed by atoms with E-state index in [1.807, 2.05) is 18.9 Å². The summed E-state index contributed by atoms with van der Waals surface area (Å²) in [5.74, 6) is -0.356. The van der Waals surface area contributed by atoms with Crippen molar-refractivity contribution < 1.29 is 19.4 Å². The molecule has 0 unspecified atom stereocenters. The number of hydrogen-bond donors (Lipinski definition) is 2. The second-order valence-corrected chi connectivity index (χ2v) is 6.36. The molecule has 0 saturated carbocycles. The molecule has 2 rings (SSSR count). The fourth-order valence-electron chi connectivity index (χ4n) is 2.89. The van der Waals surface area contributed by atoms with Crippen LogP contribution in [0.1, 0.15) is 25.3 Å². The summed E-state index contributed by atoms with van der Waals surface area (Å²) in [4.78, 5) is 15.8. The number of likely N-dealkylation sites (tertiary alicyclic amines) is 1. The van der Waals surface area contributed by atoms with Crippen LogP contribution >= 0.6 is 0 Å². The summed E-state index contributed by atoms with van der Waals surface area (Å²) >= 11 is 0. The Morgan fingerprint density at radius 2 is 2.09 bits per heavy atom. The fraction of sp³-hybridized carbons (Fsp3) is 0.588. The highest BCUT2D eigenvalue weighted by Gasteiger charge is 2.40. The average molecular weight is 324 g/mol. The first kappa shape index (κ1) is 17.8. The summed E-state index contributed by atoms with van der Waals surface area (Å²) in [6.45, 7) is 3.20. The van der Waals surface area contributed by atoms with Crippen LogP contribution in [0.5, 0.6) is 0 Å². The predicted octanol–water partition coefficient (Wildman–Crippen LogP) is 0.992. The molecule has 128 valence electrons. The molecule has 1 heterocycles. The van der Waals surface area contributed by atoms with Gasteiger partial charge in [0.1, 0.15) is 11.9 Å². The van der Waals surface area contributed by atoms with Gasteiger partial charge in [0.15, 0.2) is 0 Å². The van der Waals surface area contributed by atoms with E-state index in [4.69, 9.17) is 0 Å². The molecule has 5 nitrogen and oxygen atoms in total. The zero-order valence-electron chi connectivity index (χ0n) is 13.7. The number of halogens is 1. The Balaban J connectivity index is 1.85. The molecule has 1 aromatic rings. The van der Waals surface area contributed by atoms with Gasteiger partial charge in [-0.3, -0.25) is 9.69 Å². The van der Waals surface area contributed by atoms with Crippen molar-refractivity contribution in [3.8, 4) is 0 Å². The molecule has 6 heteroatoms. The van der Waals surface area contributed by atoms with E-state index in [1.54, 1.807) is 17.0 Å². The van der Waals surface area contributed by atoms with Gasteiger partial charge in [0.25, 0.3) is 0 Å². The Morgan fingerprint density at radius 1 is 1.43 bits per heavy atom. The lowest BCUT2D eigenvalue weighted by Gasteiger charge is -2.42. The highest BCUT2D eigenvalue weighted by molar-refractivity contribution is 5.78. The van der Waals surface area contributed by atoms with Gasteiger partial charge in [-0.1, -0.05) is 19.1 Å². The SMILES string of the molecule is CC[C@@]1(O)CCN(C(=O)CN(C)Cc2ccc(F)cc2)C[C@H]1O. The lowest BCUT2D eigenvalue weighted by Crippen LogP contribution is -2.57. The van der Waals surface area contributed by atoms with E-state index in [9.17, 15) is 19.4 Å². The van der Waals surface area contributed by atoms with Gasteiger partial charge in [-0.15, -0.1) is 0 Å². The van der Waals surface area contributed by atoms with E-state index in [1.165, 1.54) is 12.1 Å². The van der Waals surface area contributed by atoms with Crippen LogP contribution in [0.15, 0.2) is 24.3 Å². The molecule has 1 amide bonds. The molecule has 1 fully saturated rings. The standard InChI is InChI=1S/C17H25FN2O3/c1-3-17(23)8-9-20(11-15(17)21)16(22)12-19(2)10-13-4-6-14(18)7-5-13/h4-7,15,21,23H,3,8-12H2,1-2H3/t15-,17-/m1/s1. The highest BCUT2D eigenvalue weighted by atomic mass is 19.1. The van der Waals surface area contributed by atoms with Crippen LogP contribution in [0.3, 0.4) is 0 Å². The van der Waals surface area contributed by atoms with Crippen LogP contribution in [0.25, 0.3) is 0 Å². The molecule has 1 aliphatic rings. The van der Waals surface area contributed by atoms with Crippen LogP contribution in [0, 0.1) is 5.82 Å². The van der Waals surface area contributed by atoms with Crippen molar-refractivity contribution >= 4 is 5.91 Å². The number of aliphatic hydroxyl groups is 2. The van der Waals surface area contributed by atoms with Gasteiger partial charge >= 0.3 is 0 Å². The Kier molecular flexibility index (Phi) is 5.73. The first-order valence-corrected chi connectivity index (χ1v) is 7.95. The van der Waals surface area contributed by atoms with Crippen LogP contribution < -0.4 is 0 Å². The zero-order valence-corrected chi connectivity index (χ0v) is 13.7. The van der Waals surface area contributed by atoms with Gasteiger partial charge in [-0.25, -0.2) is 4.39 Å². The smallest absolute Gasteiger partial charge is 0.236 e. The maximum atomic E-state index is 12.9. The molecule has 0 radical (unpaired) electrons. The molecule has 0 aromatic heterocycles. The molecule has 23 heavy (non-hydrogen) atoms. The minimum absolute atomic E-state index is 0.0770. The Hall–Kier alpha value is -1.50. The zero-order chi connectivity index (χ0) is 17.0. The second-order valence-electron chi connectivity index (χ2n) is 6.36. The normalized spacial score (nSPS) is 25.0. The molecule has 2 N–H and O–H groups in total. The molecule has 0 bridgehead atoms. The van der Waals surface area contributed by atoms with Gasteiger partial charge in [0, 0.05) is 19.6 Å². The fourth-order valence-corrected chi connectivity index (χ4v) is 2.89. The van der Waals surface area contributed by atoms with Crippen LogP contribution in [-0.4, -0.2) is 64.3 Å². The van der Waals surface area contributed by atoms with Gasteiger partial charge in [0.05, 0.1) is 12.1 Å². The van der Waals surface area contributed by atoms with E-state index >= 15 is 0 Å². The van der Waals surface area contributed by atoms with Gasteiger partial charge in [-0.2, -0.15) is 0 Å². The molecular weight excluding hydrogens is 299 g/mol. The molecule has 2 atom stereocenters. The summed E-state index contributed by atoms with van der Waals surface area (Å²) in [6.07, 6.45) is -0.0498. The van der Waals surface area contributed by atoms with Crippen molar-refractivity contribution in [2.24, 2.45) is 0 Å². The average Bonchev–Trinajstić information content (AvgIpc) is 2.52. The van der Waals surface area contributed by atoms with E-state index in [2.05, 4.69) is 0 Å². The van der Waals surface area contributed by atoms with Gasteiger partial charge in [0.2, 0.25) is 5.91 Å². The molecule has 1 aliphatic heterocycles. The third kappa shape index (κ3) is 4.50. The van der Waals surface area contributed by atoms with E-state index in [0.29, 0.717) is 25.9 Å². The summed E-state index contributed by atoms with van der Waals surface area (Å²) in [6, 6.07) is 6.19. The number of amides is 1. The van der Waals surface area contributed by atoms with Crippen LogP contribution in [0.4, 0.5) is 4.39 Å². The van der Waals surface area contributed by atoms with Gasteiger partial charge in [-0.05, 0) is 37.6 Å². The lowest BCUT2D eigenvalue weighted by atomic mass is 9.86. The summed E-state index contributed by atoms with van der Waals surface area (Å²) in [7, 11) is 1.82. The largest absolute Gasteiger partial charge is 0.388 e. The molecule has 0 spiro atoms. The van der Waals surface area contributed by atoms with Gasteiger partial charge < -0.3 is 15.1 Å². The number of hydrogen-bond acceptors (Lipinski definition) is 4. The number of piperidine rings is 1. The topological polar surface area (TPSA) is 64.0 Å². The van der Waals surface area contributed by atoms with E-state index in [-0.39, 0.29) is 24.8 Å². The second kappa shape index (κ2) is 7.38. The maximum absolute atomic E-state index is 12.9. The maximum Gasteiger partial charge on any atom is 0.236 e. The molecule has 1 saturated heterocycles. The number of nitrogens with zero attached hydrogens (tertiary/aromatic N) is 2. The predicted molar refractivity (Wildman–Crippen MR) is 85.2 cm³/mol. The Bertz CT molecular complexity index is 537.